The Morgan fingerprint density at radius 1 is 0.447 bits per heavy atom. The Labute approximate surface area is 284 Å². The largest absolute Gasteiger partial charge is 0.228 e. The SMILES string of the molecule is CC1(C)c2cc(-c3ccc(-c4cc(-c5ccccc5)nc(-c5ccccc5)n4)cc3)ccc2-c2ccc3c(c21)Sc1ccccc1S3. The molecule has 0 radical (unpaired) electrons. The molecule has 0 unspecified atom stereocenters. The van der Waals surface area contributed by atoms with Crippen LogP contribution in [0.25, 0.3) is 56.2 Å². The number of hydrogen-bond donors (Lipinski definition) is 0. The zero-order valence-electron chi connectivity index (χ0n) is 26.1. The van der Waals surface area contributed by atoms with Gasteiger partial charge < -0.3 is 0 Å². The third-order valence-electron chi connectivity index (χ3n) is 9.35. The molecule has 0 amide bonds. The first-order valence-corrected chi connectivity index (χ1v) is 17.5. The van der Waals surface area contributed by atoms with E-state index in [4.69, 9.17) is 9.97 Å². The summed E-state index contributed by atoms with van der Waals surface area (Å²) >= 11 is 3.83. The molecule has 47 heavy (non-hydrogen) atoms. The van der Waals surface area contributed by atoms with Crippen LogP contribution in [0.5, 0.6) is 0 Å². The Balaban J connectivity index is 1.07. The van der Waals surface area contributed by atoms with Gasteiger partial charge in [-0.3, -0.25) is 0 Å². The molecule has 224 valence electrons. The lowest BCUT2D eigenvalue weighted by Crippen LogP contribution is -2.17. The van der Waals surface area contributed by atoms with Gasteiger partial charge in [0.15, 0.2) is 5.82 Å². The summed E-state index contributed by atoms with van der Waals surface area (Å²) in [6.07, 6.45) is 0. The topological polar surface area (TPSA) is 25.8 Å². The molecule has 0 spiro atoms. The summed E-state index contributed by atoms with van der Waals surface area (Å²) in [6.45, 7) is 4.78. The predicted octanol–water partition coefficient (Wildman–Crippen LogP) is 12.1. The van der Waals surface area contributed by atoms with Gasteiger partial charge in [0, 0.05) is 41.7 Å². The third-order valence-corrected chi connectivity index (χ3v) is 12.0. The van der Waals surface area contributed by atoms with Crippen molar-refractivity contribution in [1.29, 1.82) is 0 Å². The Bertz CT molecular complexity index is 2250. The third kappa shape index (κ3) is 4.83. The van der Waals surface area contributed by atoms with Crippen LogP contribution in [0.4, 0.5) is 0 Å². The highest BCUT2D eigenvalue weighted by molar-refractivity contribution is 8.05. The van der Waals surface area contributed by atoms with Gasteiger partial charge in [-0.15, -0.1) is 0 Å². The average Bonchev–Trinajstić information content (AvgIpc) is 3.37. The minimum atomic E-state index is -0.103. The minimum absolute atomic E-state index is 0.103. The molecular weight excluding hydrogens is 609 g/mol. The van der Waals surface area contributed by atoms with Crippen molar-refractivity contribution in [3.8, 4) is 56.2 Å². The van der Waals surface area contributed by atoms with Crippen molar-refractivity contribution >= 4 is 23.5 Å². The van der Waals surface area contributed by atoms with E-state index in [9.17, 15) is 0 Å². The number of nitrogens with zero attached hydrogens (tertiary/aromatic N) is 2. The van der Waals surface area contributed by atoms with Gasteiger partial charge in [-0.1, -0.05) is 153 Å². The van der Waals surface area contributed by atoms with Crippen molar-refractivity contribution in [2.24, 2.45) is 0 Å². The molecule has 4 heteroatoms. The van der Waals surface area contributed by atoms with Crippen LogP contribution >= 0.6 is 23.5 Å². The van der Waals surface area contributed by atoms with E-state index < -0.39 is 0 Å². The molecule has 9 rings (SSSR count). The molecule has 2 aliphatic rings. The molecule has 7 aromatic rings. The van der Waals surface area contributed by atoms with Crippen LogP contribution < -0.4 is 0 Å². The molecule has 1 aliphatic heterocycles. The molecule has 1 aliphatic carbocycles. The van der Waals surface area contributed by atoms with E-state index in [1.165, 1.54) is 53.0 Å². The monoisotopic (exact) mass is 638 g/mol. The Morgan fingerprint density at radius 3 is 1.70 bits per heavy atom. The molecule has 0 fully saturated rings. The van der Waals surface area contributed by atoms with Crippen molar-refractivity contribution in [2.45, 2.75) is 38.8 Å². The Hall–Kier alpha value is -4.90. The summed E-state index contributed by atoms with van der Waals surface area (Å²) in [5, 5.41) is 0. The molecule has 0 bridgehead atoms. The maximum Gasteiger partial charge on any atom is 0.160 e. The van der Waals surface area contributed by atoms with Crippen LogP contribution in [0, 0.1) is 0 Å². The van der Waals surface area contributed by atoms with Crippen LogP contribution in [0.15, 0.2) is 165 Å². The summed E-state index contributed by atoms with van der Waals surface area (Å²) in [4.78, 5) is 15.4. The highest BCUT2D eigenvalue weighted by atomic mass is 32.2. The number of hydrogen-bond acceptors (Lipinski definition) is 4. The summed E-state index contributed by atoms with van der Waals surface area (Å²) < 4.78 is 0. The summed E-state index contributed by atoms with van der Waals surface area (Å²) in [6, 6.07) is 51.9. The van der Waals surface area contributed by atoms with Crippen LogP contribution in [-0.2, 0) is 5.41 Å². The fourth-order valence-electron chi connectivity index (χ4n) is 6.95. The second-order valence-electron chi connectivity index (χ2n) is 12.6. The second kappa shape index (κ2) is 11.1. The number of rotatable bonds is 4. The molecule has 2 heterocycles. The summed E-state index contributed by atoms with van der Waals surface area (Å²) in [7, 11) is 0. The van der Waals surface area contributed by atoms with Gasteiger partial charge in [0.1, 0.15) is 0 Å². The zero-order valence-corrected chi connectivity index (χ0v) is 27.7. The van der Waals surface area contributed by atoms with Gasteiger partial charge in [0.25, 0.3) is 0 Å². The molecule has 0 saturated carbocycles. The minimum Gasteiger partial charge on any atom is -0.228 e. The van der Waals surface area contributed by atoms with E-state index in [0.717, 1.165) is 33.9 Å². The van der Waals surface area contributed by atoms with Crippen molar-refractivity contribution in [1.82, 2.24) is 9.97 Å². The second-order valence-corrected chi connectivity index (χ2v) is 14.8. The molecule has 0 atom stereocenters. The maximum atomic E-state index is 5.03. The Kier molecular flexibility index (Phi) is 6.70. The van der Waals surface area contributed by atoms with E-state index in [1.807, 2.05) is 47.8 Å². The first-order chi connectivity index (χ1) is 23.0. The van der Waals surface area contributed by atoms with Crippen molar-refractivity contribution in [2.75, 3.05) is 0 Å². The fraction of sp³-hybridized carbons (Fsp3) is 0.0698. The van der Waals surface area contributed by atoms with Gasteiger partial charge >= 0.3 is 0 Å². The first kappa shape index (κ1) is 28.3. The van der Waals surface area contributed by atoms with Crippen LogP contribution in [0.2, 0.25) is 0 Å². The lowest BCUT2D eigenvalue weighted by atomic mass is 9.81. The molecular formula is C43H30N2S2. The molecule has 6 aromatic carbocycles. The smallest absolute Gasteiger partial charge is 0.160 e. The van der Waals surface area contributed by atoms with E-state index in [1.54, 1.807) is 0 Å². The molecule has 1 aromatic heterocycles. The van der Waals surface area contributed by atoms with Crippen molar-refractivity contribution in [3.05, 3.63) is 157 Å². The standard InChI is InChI=1S/C43H30N2S2/c1-43(2)34-25-31(21-22-32(34)33-23-24-39-41(40(33)43)47-38-16-10-9-15-37(38)46-39)27-17-19-29(20-18-27)36-26-35(28-11-5-3-6-12-28)44-42(45-36)30-13-7-4-8-14-30/h3-26H,1-2H3. The van der Waals surface area contributed by atoms with Gasteiger partial charge in [-0.2, -0.15) is 0 Å². The highest BCUT2D eigenvalue weighted by Gasteiger charge is 2.39. The van der Waals surface area contributed by atoms with Crippen LogP contribution in [-0.4, -0.2) is 9.97 Å². The Morgan fingerprint density at radius 2 is 1.00 bits per heavy atom. The van der Waals surface area contributed by atoms with Gasteiger partial charge in [-0.25, -0.2) is 9.97 Å². The highest BCUT2D eigenvalue weighted by Crippen LogP contribution is 2.58. The fourth-order valence-corrected chi connectivity index (χ4v) is 9.50. The number of fused-ring (bicyclic) bond motifs is 6. The predicted molar refractivity (Wildman–Crippen MR) is 196 cm³/mol. The number of aromatic nitrogens is 2. The van der Waals surface area contributed by atoms with Gasteiger partial charge in [-0.05, 0) is 63.7 Å². The van der Waals surface area contributed by atoms with E-state index >= 15 is 0 Å². The number of benzene rings is 6. The quantitative estimate of drug-likeness (QED) is 0.192. The van der Waals surface area contributed by atoms with Crippen molar-refractivity contribution < 1.29 is 0 Å². The lowest BCUT2D eigenvalue weighted by Gasteiger charge is -2.28. The molecule has 0 N–H and O–H groups in total. The van der Waals surface area contributed by atoms with E-state index in [-0.39, 0.29) is 5.41 Å². The lowest BCUT2D eigenvalue weighted by molar-refractivity contribution is 0.642. The first-order valence-electron chi connectivity index (χ1n) is 15.9. The summed E-state index contributed by atoms with van der Waals surface area (Å²) in [5.41, 5.74) is 12.9. The average molecular weight is 639 g/mol. The van der Waals surface area contributed by atoms with Gasteiger partial charge in [0.05, 0.1) is 11.4 Å². The maximum absolute atomic E-state index is 5.03. The van der Waals surface area contributed by atoms with Crippen LogP contribution in [0.1, 0.15) is 25.0 Å². The van der Waals surface area contributed by atoms with Gasteiger partial charge in [0.2, 0.25) is 0 Å². The van der Waals surface area contributed by atoms with Crippen molar-refractivity contribution in [3.63, 3.8) is 0 Å². The molecule has 2 nitrogen and oxygen atoms in total. The summed E-state index contributed by atoms with van der Waals surface area (Å²) in [5.74, 6) is 0.730. The van der Waals surface area contributed by atoms with Crippen LogP contribution in [0.3, 0.4) is 0 Å². The van der Waals surface area contributed by atoms with E-state index in [2.05, 4.69) is 135 Å². The zero-order chi connectivity index (χ0) is 31.5. The van der Waals surface area contributed by atoms with E-state index in [0.29, 0.717) is 0 Å². The normalized spacial score (nSPS) is 13.7. The molecule has 0 saturated heterocycles.